The van der Waals surface area contributed by atoms with E-state index in [2.05, 4.69) is 6.92 Å². The Hall–Kier alpha value is 0.734. The molecule has 0 rings (SSSR count). The van der Waals surface area contributed by atoms with E-state index in [1.807, 2.05) is 0 Å². The molecule has 0 spiro atoms. The van der Waals surface area contributed by atoms with Crippen LogP contribution in [0.3, 0.4) is 0 Å². The number of ketones is 1. The molecule has 41 valence electrons. The summed E-state index contributed by atoms with van der Waals surface area (Å²) < 4.78 is 0. The van der Waals surface area contributed by atoms with Crippen LogP contribution in [0.25, 0.3) is 6.15 Å². The first-order chi connectivity index (χ1) is 2.27. The molecule has 0 amide bonds. The first-order valence-corrected chi connectivity index (χ1v) is 1.56. The predicted octanol–water partition coefficient (Wildman–Crippen LogP) is 1.51. The van der Waals surface area contributed by atoms with Gasteiger partial charge in [0, 0.05) is 32.7 Å². The summed E-state index contributed by atoms with van der Waals surface area (Å²) in [6.07, 6.45) is 0.417. The SMILES string of the molecule is [CH2-]CC(C)=O.[NH2-].[Y]. The summed E-state index contributed by atoms with van der Waals surface area (Å²) in [7, 11) is 0. The van der Waals surface area contributed by atoms with Crippen molar-refractivity contribution in [2.24, 2.45) is 0 Å². The van der Waals surface area contributed by atoms with Gasteiger partial charge in [0.1, 0.15) is 0 Å². The van der Waals surface area contributed by atoms with Crippen molar-refractivity contribution < 1.29 is 37.5 Å². The zero-order chi connectivity index (χ0) is 4.28. The van der Waals surface area contributed by atoms with E-state index in [4.69, 9.17) is 0 Å². The first kappa shape index (κ1) is 15.6. The molecule has 0 saturated carbocycles. The second-order valence-corrected chi connectivity index (χ2v) is 0.952. The summed E-state index contributed by atoms with van der Waals surface area (Å²) in [6.45, 7) is 4.86. The van der Waals surface area contributed by atoms with Crippen molar-refractivity contribution in [1.29, 1.82) is 0 Å². The minimum absolute atomic E-state index is 0. The molecule has 0 fully saturated rings. The Morgan fingerprint density at radius 1 is 1.71 bits per heavy atom. The van der Waals surface area contributed by atoms with E-state index in [1.165, 1.54) is 6.92 Å². The summed E-state index contributed by atoms with van der Waals surface area (Å²) in [4.78, 5) is 9.75. The summed E-state index contributed by atoms with van der Waals surface area (Å²) in [5, 5.41) is 0. The fourth-order valence-corrected chi connectivity index (χ4v) is 0. The Morgan fingerprint density at radius 3 is 1.86 bits per heavy atom. The summed E-state index contributed by atoms with van der Waals surface area (Å²) >= 11 is 0. The van der Waals surface area contributed by atoms with Crippen LogP contribution in [0.1, 0.15) is 13.3 Å². The Morgan fingerprint density at radius 2 is 1.86 bits per heavy atom. The average Bonchev–Trinajstić information content (AvgIpc) is 1.38. The molecule has 2 N–H and O–H groups in total. The molecule has 2 nitrogen and oxygen atoms in total. The van der Waals surface area contributed by atoms with Gasteiger partial charge in [0.2, 0.25) is 0 Å². The Kier molecular flexibility index (Phi) is 22.1. The Bertz CT molecular complexity index is 47.0. The van der Waals surface area contributed by atoms with Gasteiger partial charge >= 0.3 is 0 Å². The predicted molar refractivity (Wildman–Crippen MR) is 25.9 cm³/mol. The van der Waals surface area contributed by atoms with E-state index in [0.717, 1.165) is 0 Å². The molecular weight excluding hydrogens is 167 g/mol. The van der Waals surface area contributed by atoms with E-state index in [9.17, 15) is 4.79 Å². The zero-order valence-electron chi connectivity index (χ0n) is 4.48. The van der Waals surface area contributed by atoms with Crippen molar-refractivity contribution in [2.75, 3.05) is 0 Å². The van der Waals surface area contributed by atoms with Gasteiger partial charge in [-0.2, -0.15) is 0 Å². The first-order valence-electron chi connectivity index (χ1n) is 1.56. The number of rotatable bonds is 1. The molecule has 7 heavy (non-hydrogen) atoms. The average molecular weight is 176 g/mol. The maximum Gasteiger partial charge on any atom is 0.0998 e. The van der Waals surface area contributed by atoms with Crippen molar-refractivity contribution in [1.82, 2.24) is 0 Å². The third kappa shape index (κ3) is 20.2. The summed E-state index contributed by atoms with van der Waals surface area (Å²) in [5.74, 6) is 0.144. The number of nitrogens with two attached hydrogens (primary N) is 1. The molecule has 0 unspecified atom stereocenters. The van der Waals surface area contributed by atoms with Gasteiger partial charge in [-0.05, 0) is 6.92 Å². The van der Waals surface area contributed by atoms with Gasteiger partial charge in [-0.3, -0.25) is 0 Å². The number of hydrogen-bond donors (Lipinski definition) is 0. The van der Waals surface area contributed by atoms with Gasteiger partial charge in [0.25, 0.3) is 0 Å². The second-order valence-electron chi connectivity index (χ2n) is 0.952. The van der Waals surface area contributed by atoms with Crippen LogP contribution in [0.2, 0.25) is 0 Å². The van der Waals surface area contributed by atoms with Crippen LogP contribution in [0, 0.1) is 6.92 Å². The van der Waals surface area contributed by atoms with Crippen molar-refractivity contribution in [3.63, 3.8) is 0 Å². The molecular formula is C4H9NOY-2. The molecule has 0 aromatic heterocycles. The fourth-order valence-electron chi connectivity index (χ4n) is 0. The van der Waals surface area contributed by atoms with E-state index in [-0.39, 0.29) is 44.6 Å². The minimum atomic E-state index is 0. The fraction of sp³-hybridized carbons (Fsp3) is 0.500. The van der Waals surface area contributed by atoms with Gasteiger partial charge in [0.05, 0.1) is 5.78 Å². The second kappa shape index (κ2) is 9.88. The molecule has 0 aromatic rings. The van der Waals surface area contributed by atoms with Crippen LogP contribution in [0.15, 0.2) is 0 Å². The number of Topliss-reactive ketones (excluding diaryl/α,β-unsaturated/α-hetero) is 1. The van der Waals surface area contributed by atoms with Crippen molar-refractivity contribution >= 4 is 5.78 Å². The number of hydrogen-bond acceptors (Lipinski definition) is 1. The van der Waals surface area contributed by atoms with Crippen LogP contribution >= 0.6 is 0 Å². The van der Waals surface area contributed by atoms with Crippen LogP contribution in [0.4, 0.5) is 0 Å². The van der Waals surface area contributed by atoms with Crippen molar-refractivity contribution in [3.05, 3.63) is 13.1 Å². The normalized spacial score (nSPS) is 5.43. The van der Waals surface area contributed by atoms with E-state index >= 15 is 0 Å². The smallest absolute Gasteiger partial charge is 0.0998 e. The minimum Gasteiger partial charge on any atom is -0.693 e. The molecule has 0 bridgehead atoms. The van der Waals surface area contributed by atoms with Gasteiger partial charge in [0.15, 0.2) is 0 Å². The van der Waals surface area contributed by atoms with Gasteiger partial charge in [-0.1, -0.05) is 0 Å². The molecule has 3 heteroatoms. The molecule has 0 aliphatic heterocycles. The topological polar surface area (TPSA) is 50.6 Å². The van der Waals surface area contributed by atoms with Crippen molar-refractivity contribution in [2.45, 2.75) is 13.3 Å². The molecule has 0 aliphatic carbocycles. The summed E-state index contributed by atoms with van der Waals surface area (Å²) in [5.41, 5.74) is 0. The van der Waals surface area contributed by atoms with Gasteiger partial charge in [-0.25, -0.2) is 0 Å². The Labute approximate surface area is 69.5 Å². The van der Waals surface area contributed by atoms with Crippen LogP contribution in [-0.4, -0.2) is 5.78 Å². The molecule has 0 atom stereocenters. The maximum absolute atomic E-state index is 9.75. The Balaban J connectivity index is -0.0000000800. The monoisotopic (exact) mass is 176 g/mol. The number of carbonyl (C=O) groups is 1. The van der Waals surface area contributed by atoms with Gasteiger partial charge in [-0.15, -0.1) is 6.42 Å². The van der Waals surface area contributed by atoms with Crippen LogP contribution in [0.5, 0.6) is 0 Å². The molecule has 1 radical (unpaired) electrons. The van der Waals surface area contributed by atoms with Crippen LogP contribution in [-0.2, 0) is 37.5 Å². The molecule has 0 aromatic carbocycles. The quantitative estimate of drug-likeness (QED) is 0.558. The molecule has 0 heterocycles. The van der Waals surface area contributed by atoms with E-state index < -0.39 is 0 Å². The summed E-state index contributed by atoms with van der Waals surface area (Å²) in [6, 6.07) is 0. The maximum atomic E-state index is 9.75. The van der Waals surface area contributed by atoms with E-state index in [0.29, 0.717) is 6.42 Å². The zero-order valence-corrected chi connectivity index (χ0v) is 7.32. The van der Waals surface area contributed by atoms with Gasteiger partial charge < -0.3 is 17.9 Å². The standard InChI is InChI=1S/C4H7O.H2N.Y/c1-3-4(2)5;;/h1,3H2,2H3;1H2;/q2*-1;. The number of carbonyl (C=O) groups excluding carboxylic acids is 1. The molecule has 0 aliphatic rings. The third-order valence-corrected chi connectivity index (χ3v) is 0.352. The van der Waals surface area contributed by atoms with E-state index in [1.54, 1.807) is 0 Å². The third-order valence-electron chi connectivity index (χ3n) is 0.352. The van der Waals surface area contributed by atoms with Crippen LogP contribution < -0.4 is 0 Å². The molecule has 0 saturated heterocycles. The van der Waals surface area contributed by atoms with Crippen molar-refractivity contribution in [3.8, 4) is 0 Å². The largest absolute Gasteiger partial charge is 0.693 e.